The number of halogens is 2. The Morgan fingerprint density at radius 3 is 2.43 bits per heavy atom. The van der Waals surface area contributed by atoms with Crippen LogP contribution in [0.2, 0.25) is 10.0 Å². The first-order valence-electron chi connectivity index (χ1n) is 7.09. The van der Waals surface area contributed by atoms with E-state index in [0.29, 0.717) is 16.1 Å². The van der Waals surface area contributed by atoms with Gasteiger partial charge in [0.25, 0.3) is 0 Å². The van der Waals surface area contributed by atoms with Crippen molar-refractivity contribution in [2.45, 2.75) is 18.9 Å². The van der Waals surface area contributed by atoms with Crippen molar-refractivity contribution in [1.82, 2.24) is 4.98 Å². The van der Waals surface area contributed by atoms with Gasteiger partial charge in [0.15, 0.2) is 0 Å². The lowest BCUT2D eigenvalue weighted by molar-refractivity contribution is 0.526. The zero-order chi connectivity index (χ0) is 14.7. The van der Waals surface area contributed by atoms with Crippen LogP contribution in [0.3, 0.4) is 0 Å². The third kappa shape index (κ3) is 3.60. The lowest BCUT2D eigenvalue weighted by atomic mass is 10.0. The van der Waals surface area contributed by atoms with Crippen molar-refractivity contribution < 1.29 is 0 Å². The van der Waals surface area contributed by atoms with E-state index in [9.17, 15) is 0 Å². The van der Waals surface area contributed by atoms with Gasteiger partial charge in [-0.05, 0) is 43.2 Å². The molecule has 0 unspecified atom stereocenters. The highest BCUT2D eigenvalue weighted by atomic mass is 35.5. The maximum absolute atomic E-state index is 6.21. The minimum atomic E-state index is 0.446. The highest BCUT2D eigenvalue weighted by Crippen LogP contribution is 2.28. The second-order valence-electron chi connectivity index (χ2n) is 5.24. The number of anilines is 2. The van der Waals surface area contributed by atoms with E-state index in [2.05, 4.69) is 27.3 Å². The Morgan fingerprint density at radius 2 is 1.76 bits per heavy atom. The van der Waals surface area contributed by atoms with E-state index in [1.165, 1.54) is 5.69 Å². The molecule has 0 aliphatic carbocycles. The van der Waals surface area contributed by atoms with Crippen molar-refractivity contribution in [3.05, 3.63) is 52.8 Å². The molecule has 1 N–H and O–H groups in total. The molecule has 2 heterocycles. The lowest BCUT2D eigenvalue weighted by Crippen LogP contribution is -2.39. The van der Waals surface area contributed by atoms with Gasteiger partial charge < -0.3 is 10.2 Å². The minimum Gasteiger partial charge on any atom is -0.381 e. The fourth-order valence-corrected chi connectivity index (χ4v) is 3.13. The Bertz CT molecular complexity index is 596. The summed E-state index contributed by atoms with van der Waals surface area (Å²) in [5.41, 5.74) is 2.21. The molecule has 5 heteroatoms. The van der Waals surface area contributed by atoms with Crippen molar-refractivity contribution in [3.8, 4) is 0 Å². The first-order chi connectivity index (χ1) is 10.2. The van der Waals surface area contributed by atoms with E-state index in [0.717, 1.165) is 31.6 Å². The van der Waals surface area contributed by atoms with Crippen molar-refractivity contribution in [2.75, 3.05) is 23.3 Å². The van der Waals surface area contributed by atoms with Crippen LogP contribution in [0, 0.1) is 0 Å². The van der Waals surface area contributed by atoms with Crippen molar-refractivity contribution in [1.29, 1.82) is 0 Å². The lowest BCUT2D eigenvalue weighted by Gasteiger charge is -2.34. The molecular formula is C16H17Cl2N3. The molecule has 1 aromatic heterocycles. The number of aromatic nitrogens is 1. The summed E-state index contributed by atoms with van der Waals surface area (Å²) in [7, 11) is 0. The van der Waals surface area contributed by atoms with E-state index in [1.54, 1.807) is 6.07 Å². The molecule has 3 nitrogen and oxygen atoms in total. The van der Waals surface area contributed by atoms with Gasteiger partial charge in [-0.15, -0.1) is 0 Å². The van der Waals surface area contributed by atoms with Crippen LogP contribution in [0.4, 0.5) is 11.4 Å². The highest BCUT2D eigenvalue weighted by Gasteiger charge is 2.19. The molecule has 110 valence electrons. The summed E-state index contributed by atoms with van der Waals surface area (Å²) in [6.07, 6.45) is 5.85. The fraction of sp³-hybridized carbons (Fsp3) is 0.312. The normalized spacial score (nSPS) is 16.0. The molecular weight excluding hydrogens is 305 g/mol. The summed E-state index contributed by atoms with van der Waals surface area (Å²) in [4.78, 5) is 6.46. The summed E-state index contributed by atoms with van der Waals surface area (Å²) in [6, 6.07) is 10.1. The zero-order valence-electron chi connectivity index (χ0n) is 11.6. The van der Waals surface area contributed by atoms with Crippen LogP contribution in [-0.2, 0) is 0 Å². The summed E-state index contributed by atoms with van der Waals surface area (Å²) in [6.45, 7) is 2.07. The molecule has 0 bridgehead atoms. The predicted molar refractivity (Wildman–Crippen MR) is 89.6 cm³/mol. The molecule has 1 aromatic carbocycles. The monoisotopic (exact) mass is 321 g/mol. The van der Waals surface area contributed by atoms with E-state index in [1.807, 2.05) is 24.5 Å². The van der Waals surface area contributed by atoms with Gasteiger partial charge in [-0.25, -0.2) is 0 Å². The van der Waals surface area contributed by atoms with Crippen LogP contribution >= 0.6 is 23.2 Å². The van der Waals surface area contributed by atoms with Crippen LogP contribution in [0.5, 0.6) is 0 Å². The first-order valence-corrected chi connectivity index (χ1v) is 7.84. The molecule has 3 rings (SSSR count). The molecule has 1 fully saturated rings. The zero-order valence-corrected chi connectivity index (χ0v) is 13.1. The smallest absolute Gasteiger partial charge is 0.0652 e. The molecule has 0 amide bonds. The summed E-state index contributed by atoms with van der Waals surface area (Å²) < 4.78 is 0. The van der Waals surface area contributed by atoms with Crippen LogP contribution < -0.4 is 10.2 Å². The Morgan fingerprint density at radius 1 is 1.05 bits per heavy atom. The van der Waals surface area contributed by atoms with E-state index < -0.39 is 0 Å². The van der Waals surface area contributed by atoms with Crippen LogP contribution in [-0.4, -0.2) is 24.1 Å². The first kappa shape index (κ1) is 14.5. The quantitative estimate of drug-likeness (QED) is 0.904. The summed E-state index contributed by atoms with van der Waals surface area (Å²) in [5.74, 6) is 0. The molecule has 0 saturated carbocycles. The second-order valence-corrected chi connectivity index (χ2v) is 6.08. The molecule has 1 aliphatic heterocycles. The third-order valence-corrected chi connectivity index (χ3v) is 4.36. The van der Waals surface area contributed by atoms with Crippen LogP contribution in [0.15, 0.2) is 42.7 Å². The van der Waals surface area contributed by atoms with Gasteiger partial charge in [-0.2, -0.15) is 0 Å². The molecule has 0 atom stereocenters. The number of pyridine rings is 1. The topological polar surface area (TPSA) is 28.2 Å². The molecule has 1 saturated heterocycles. The van der Waals surface area contributed by atoms with Gasteiger partial charge in [-0.3, -0.25) is 4.98 Å². The third-order valence-electron chi connectivity index (χ3n) is 3.81. The van der Waals surface area contributed by atoms with Crippen molar-refractivity contribution >= 4 is 34.6 Å². The fourth-order valence-electron chi connectivity index (χ4n) is 2.66. The minimum absolute atomic E-state index is 0.446. The average Bonchev–Trinajstić information content (AvgIpc) is 2.52. The Hall–Kier alpha value is -1.45. The average molecular weight is 322 g/mol. The summed E-state index contributed by atoms with van der Waals surface area (Å²) in [5, 5.41) is 4.86. The van der Waals surface area contributed by atoms with Crippen molar-refractivity contribution in [2.24, 2.45) is 0 Å². The Labute approximate surface area is 134 Å². The van der Waals surface area contributed by atoms with Crippen LogP contribution in [0.25, 0.3) is 0 Å². The molecule has 21 heavy (non-hydrogen) atoms. The second kappa shape index (κ2) is 6.54. The van der Waals surface area contributed by atoms with Gasteiger partial charge >= 0.3 is 0 Å². The maximum Gasteiger partial charge on any atom is 0.0652 e. The number of nitrogens with one attached hydrogen (secondary N) is 1. The van der Waals surface area contributed by atoms with E-state index in [-0.39, 0.29) is 0 Å². The standard InChI is InChI=1S/C16H17Cl2N3/c17-12-1-2-16(15(18)11-12)20-13-5-9-21(10-6-13)14-3-7-19-8-4-14/h1-4,7-8,11,13,20H,5-6,9-10H2. The highest BCUT2D eigenvalue weighted by molar-refractivity contribution is 6.36. The molecule has 0 radical (unpaired) electrons. The summed E-state index contributed by atoms with van der Waals surface area (Å²) >= 11 is 12.1. The molecule has 1 aliphatic rings. The van der Waals surface area contributed by atoms with Gasteiger partial charge in [-0.1, -0.05) is 23.2 Å². The van der Waals surface area contributed by atoms with Crippen LogP contribution in [0.1, 0.15) is 12.8 Å². The predicted octanol–water partition coefficient (Wildman–Crippen LogP) is 4.47. The van der Waals surface area contributed by atoms with Gasteiger partial charge in [0.1, 0.15) is 0 Å². The maximum atomic E-state index is 6.21. The van der Waals surface area contributed by atoms with Gasteiger partial charge in [0.2, 0.25) is 0 Å². The Balaban J connectivity index is 1.59. The SMILES string of the molecule is Clc1ccc(NC2CCN(c3ccncc3)CC2)c(Cl)c1. The number of hydrogen-bond donors (Lipinski definition) is 1. The molecule has 2 aromatic rings. The van der Waals surface area contributed by atoms with Gasteiger partial charge in [0.05, 0.1) is 10.7 Å². The molecule has 0 spiro atoms. The number of benzene rings is 1. The van der Waals surface area contributed by atoms with E-state index >= 15 is 0 Å². The van der Waals surface area contributed by atoms with Crippen molar-refractivity contribution in [3.63, 3.8) is 0 Å². The number of piperidine rings is 1. The van der Waals surface area contributed by atoms with E-state index in [4.69, 9.17) is 23.2 Å². The largest absolute Gasteiger partial charge is 0.381 e. The van der Waals surface area contributed by atoms with Gasteiger partial charge in [0, 0.05) is 42.2 Å². The number of hydrogen-bond acceptors (Lipinski definition) is 3. The number of rotatable bonds is 3. The number of nitrogens with zero attached hydrogens (tertiary/aromatic N) is 2. The Kier molecular flexibility index (Phi) is 4.51.